The fraction of sp³-hybridized carbons (Fsp3) is 0.882. The number of rotatable bonds is 7. The molecule has 0 amide bonds. The number of aryl methyl sites for hydroxylation is 1. The summed E-state index contributed by atoms with van der Waals surface area (Å²) in [6, 6.07) is 0.155. The van der Waals surface area contributed by atoms with E-state index in [0.29, 0.717) is 38.6 Å². The second kappa shape index (κ2) is 8.77. The minimum Gasteiger partial charge on any atom is -0.338 e. The Bertz CT molecular complexity index is 664. The van der Waals surface area contributed by atoms with Crippen molar-refractivity contribution in [1.29, 1.82) is 0 Å². The summed E-state index contributed by atoms with van der Waals surface area (Å²) in [4.78, 5) is 6.57. The zero-order valence-electron chi connectivity index (χ0n) is 15.9. The Kier molecular flexibility index (Phi) is 6.65. The van der Waals surface area contributed by atoms with Crippen LogP contribution in [0.4, 0.5) is 0 Å². The Balaban J connectivity index is 1.51. The fourth-order valence-electron chi connectivity index (χ4n) is 3.80. The van der Waals surface area contributed by atoms with Crippen LogP contribution >= 0.6 is 0 Å². The van der Waals surface area contributed by atoms with Crippen LogP contribution in [0.2, 0.25) is 0 Å². The predicted octanol–water partition coefficient (Wildman–Crippen LogP) is 1.65. The standard InChI is InChI=1S/C17H31N5O3S/c1-3-7-16-18-17(25-19-16)14-21-10-12-22(13-11-21)26(23,24)20(2)15-8-5-4-6-9-15/h15H,3-14H2,1-2H3. The lowest BCUT2D eigenvalue weighted by atomic mass is 9.96. The van der Waals surface area contributed by atoms with Crippen LogP contribution in [-0.4, -0.2) is 71.3 Å². The molecule has 148 valence electrons. The van der Waals surface area contributed by atoms with Gasteiger partial charge in [-0.25, -0.2) is 0 Å². The molecular formula is C17H31N5O3S. The molecule has 1 aliphatic heterocycles. The molecule has 0 N–H and O–H groups in total. The summed E-state index contributed by atoms with van der Waals surface area (Å²) >= 11 is 0. The maximum absolute atomic E-state index is 12.9. The molecule has 1 aromatic heterocycles. The topological polar surface area (TPSA) is 82.8 Å². The van der Waals surface area contributed by atoms with Gasteiger partial charge in [0.25, 0.3) is 10.2 Å². The molecule has 8 nitrogen and oxygen atoms in total. The second-order valence-corrected chi connectivity index (χ2v) is 9.33. The summed E-state index contributed by atoms with van der Waals surface area (Å²) < 4.78 is 34.4. The Morgan fingerprint density at radius 1 is 1.15 bits per heavy atom. The minimum atomic E-state index is -3.37. The Labute approximate surface area is 156 Å². The molecule has 9 heteroatoms. The largest absolute Gasteiger partial charge is 0.338 e. The molecule has 26 heavy (non-hydrogen) atoms. The van der Waals surface area contributed by atoms with Crippen molar-refractivity contribution in [3.05, 3.63) is 11.7 Å². The first kappa shape index (κ1) is 19.7. The van der Waals surface area contributed by atoms with Gasteiger partial charge in [0, 0.05) is 45.7 Å². The van der Waals surface area contributed by atoms with Gasteiger partial charge in [0.2, 0.25) is 5.89 Å². The smallest absolute Gasteiger partial charge is 0.282 e. The van der Waals surface area contributed by atoms with Crippen molar-refractivity contribution >= 4 is 10.2 Å². The first-order valence-corrected chi connectivity index (χ1v) is 11.2. The molecule has 0 bridgehead atoms. The van der Waals surface area contributed by atoms with Crippen LogP contribution < -0.4 is 0 Å². The third kappa shape index (κ3) is 4.62. The van der Waals surface area contributed by atoms with Crippen molar-refractivity contribution in [2.75, 3.05) is 33.2 Å². The lowest BCUT2D eigenvalue weighted by Gasteiger charge is -2.38. The summed E-state index contributed by atoms with van der Waals surface area (Å²) in [6.07, 6.45) is 7.25. The molecule has 2 aliphatic rings. The highest BCUT2D eigenvalue weighted by molar-refractivity contribution is 7.86. The van der Waals surface area contributed by atoms with Gasteiger partial charge in [-0.15, -0.1) is 0 Å². The number of hydrogen-bond acceptors (Lipinski definition) is 6. The van der Waals surface area contributed by atoms with E-state index in [9.17, 15) is 8.42 Å². The van der Waals surface area contributed by atoms with Crippen LogP contribution in [0, 0.1) is 0 Å². The SMILES string of the molecule is CCCc1noc(CN2CCN(S(=O)(=O)N(C)C3CCCCC3)CC2)n1. The molecule has 0 atom stereocenters. The quantitative estimate of drug-likeness (QED) is 0.710. The predicted molar refractivity (Wildman–Crippen MR) is 98.7 cm³/mol. The molecule has 1 aliphatic carbocycles. The Morgan fingerprint density at radius 3 is 2.50 bits per heavy atom. The monoisotopic (exact) mass is 385 g/mol. The van der Waals surface area contributed by atoms with E-state index in [0.717, 1.165) is 44.3 Å². The third-order valence-electron chi connectivity index (χ3n) is 5.45. The molecule has 3 rings (SSSR count). The summed E-state index contributed by atoms with van der Waals surface area (Å²) in [7, 11) is -1.63. The van der Waals surface area contributed by atoms with Gasteiger partial charge in [0.1, 0.15) is 0 Å². The fourth-order valence-corrected chi connectivity index (χ4v) is 5.38. The van der Waals surface area contributed by atoms with Crippen molar-refractivity contribution < 1.29 is 12.9 Å². The molecule has 0 unspecified atom stereocenters. The normalized spacial score (nSPS) is 21.5. The van der Waals surface area contributed by atoms with Crippen LogP contribution in [-0.2, 0) is 23.2 Å². The van der Waals surface area contributed by atoms with Crippen molar-refractivity contribution in [1.82, 2.24) is 23.7 Å². The number of piperazine rings is 1. The lowest BCUT2D eigenvalue weighted by Crippen LogP contribution is -2.54. The number of nitrogens with zero attached hydrogens (tertiary/aromatic N) is 5. The van der Waals surface area contributed by atoms with E-state index in [1.165, 1.54) is 6.42 Å². The molecule has 0 aromatic carbocycles. The lowest BCUT2D eigenvalue weighted by molar-refractivity contribution is 0.155. The van der Waals surface area contributed by atoms with E-state index < -0.39 is 10.2 Å². The van der Waals surface area contributed by atoms with Gasteiger partial charge in [0.05, 0.1) is 6.54 Å². The highest BCUT2D eigenvalue weighted by atomic mass is 32.2. The summed E-state index contributed by atoms with van der Waals surface area (Å²) in [5.74, 6) is 1.36. The number of hydrogen-bond donors (Lipinski definition) is 0. The molecule has 1 saturated carbocycles. The average molecular weight is 386 g/mol. The van der Waals surface area contributed by atoms with Crippen LogP contribution in [0.15, 0.2) is 4.52 Å². The second-order valence-electron chi connectivity index (χ2n) is 7.35. The Hall–Kier alpha value is -1.03. The van der Waals surface area contributed by atoms with Gasteiger partial charge in [-0.05, 0) is 19.3 Å². The highest BCUT2D eigenvalue weighted by Crippen LogP contribution is 2.25. The molecule has 2 heterocycles. The highest BCUT2D eigenvalue weighted by Gasteiger charge is 2.34. The number of aromatic nitrogens is 2. The Morgan fingerprint density at radius 2 is 1.85 bits per heavy atom. The summed E-state index contributed by atoms with van der Waals surface area (Å²) in [5.41, 5.74) is 0. The van der Waals surface area contributed by atoms with Crippen molar-refractivity contribution in [2.45, 2.75) is 64.5 Å². The van der Waals surface area contributed by atoms with E-state index in [-0.39, 0.29) is 6.04 Å². The van der Waals surface area contributed by atoms with E-state index >= 15 is 0 Å². The van der Waals surface area contributed by atoms with Gasteiger partial charge in [-0.1, -0.05) is 31.3 Å². The molecular weight excluding hydrogens is 354 g/mol. The molecule has 2 fully saturated rings. The van der Waals surface area contributed by atoms with Crippen molar-refractivity contribution in [2.24, 2.45) is 0 Å². The maximum Gasteiger partial charge on any atom is 0.282 e. The van der Waals surface area contributed by atoms with Crippen LogP contribution in [0.25, 0.3) is 0 Å². The van der Waals surface area contributed by atoms with Gasteiger partial charge >= 0.3 is 0 Å². The summed E-state index contributed by atoms with van der Waals surface area (Å²) in [6.45, 7) is 5.06. The minimum absolute atomic E-state index is 0.155. The maximum atomic E-state index is 12.9. The zero-order chi connectivity index (χ0) is 18.6. The van der Waals surface area contributed by atoms with Crippen molar-refractivity contribution in [3.63, 3.8) is 0 Å². The van der Waals surface area contributed by atoms with E-state index in [4.69, 9.17) is 4.52 Å². The first-order valence-electron chi connectivity index (χ1n) is 9.77. The van der Waals surface area contributed by atoms with Crippen molar-refractivity contribution in [3.8, 4) is 0 Å². The molecule has 1 saturated heterocycles. The van der Waals surface area contributed by atoms with E-state index in [1.54, 1.807) is 15.7 Å². The molecule has 1 aromatic rings. The average Bonchev–Trinajstić information content (AvgIpc) is 3.09. The van der Waals surface area contributed by atoms with E-state index in [2.05, 4.69) is 22.0 Å². The summed E-state index contributed by atoms with van der Waals surface area (Å²) in [5, 5.41) is 3.97. The molecule has 0 spiro atoms. The van der Waals surface area contributed by atoms with Gasteiger partial charge in [-0.2, -0.15) is 22.0 Å². The first-order chi connectivity index (χ1) is 12.5. The van der Waals surface area contributed by atoms with E-state index in [1.807, 2.05) is 0 Å². The molecule has 0 radical (unpaired) electrons. The van der Waals surface area contributed by atoms with Gasteiger partial charge < -0.3 is 4.52 Å². The third-order valence-corrected chi connectivity index (χ3v) is 7.50. The zero-order valence-corrected chi connectivity index (χ0v) is 16.7. The van der Waals surface area contributed by atoms with Gasteiger partial charge in [0.15, 0.2) is 5.82 Å². The van der Waals surface area contributed by atoms with Gasteiger partial charge in [-0.3, -0.25) is 4.90 Å². The van der Waals surface area contributed by atoms with Crippen LogP contribution in [0.3, 0.4) is 0 Å². The van der Waals surface area contributed by atoms with Crippen LogP contribution in [0.5, 0.6) is 0 Å². The van der Waals surface area contributed by atoms with Crippen LogP contribution in [0.1, 0.15) is 57.2 Å².